The van der Waals surface area contributed by atoms with Crippen LogP contribution >= 0.6 is 11.3 Å². The van der Waals surface area contributed by atoms with Crippen molar-refractivity contribution in [3.05, 3.63) is 22.4 Å². The Morgan fingerprint density at radius 3 is 2.73 bits per heavy atom. The molecular formula is C15H22N2O3S2. The van der Waals surface area contributed by atoms with E-state index in [9.17, 15) is 13.2 Å². The van der Waals surface area contributed by atoms with Gasteiger partial charge in [-0.05, 0) is 37.1 Å². The molecule has 2 saturated heterocycles. The van der Waals surface area contributed by atoms with Crippen LogP contribution in [0.5, 0.6) is 0 Å². The van der Waals surface area contributed by atoms with Gasteiger partial charge in [0.05, 0.1) is 18.2 Å². The van der Waals surface area contributed by atoms with Crippen LogP contribution in [0, 0.1) is 5.92 Å². The fourth-order valence-corrected chi connectivity index (χ4v) is 5.27. The van der Waals surface area contributed by atoms with Crippen molar-refractivity contribution < 1.29 is 13.2 Å². The van der Waals surface area contributed by atoms with E-state index < -0.39 is 10.0 Å². The largest absolute Gasteiger partial charge is 0.335 e. The quantitative estimate of drug-likeness (QED) is 0.845. The first-order chi connectivity index (χ1) is 10.5. The molecule has 2 aliphatic rings. The number of amides is 1. The second-order valence-electron chi connectivity index (χ2n) is 6.17. The molecule has 3 heterocycles. The molecular weight excluding hydrogens is 320 g/mol. The standard InChI is InChI=1S/C15H22N2O3S2/c1-22(19,20)16-8-2-5-12(11-16)15(18)17-9-3-6-13(17)14-7-4-10-21-14/h4,7,10,12-13H,2-3,5-6,8-9,11H2,1H3. The van der Waals surface area contributed by atoms with Gasteiger partial charge in [-0.1, -0.05) is 6.07 Å². The molecule has 2 unspecified atom stereocenters. The highest BCUT2D eigenvalue weighted by molar-refractivity contribution is 7.88. The first-order valence-electron chi connectivity index (χ1n) is 7.76. The fraction of sp³-hybridized carbons (Fsp3) is 0.667. The Bertz CT molecular complexity index is 627. The molecule has 0 spiro atoms. The Hall–Kier alpha value is -0.920. The lowest BCUT2D eigenvalue weighted by molar-refractivity contribution is -0.137. The lowest BCUT2D eigenvalue weighted by atomic mass is 9.97. The third-order valence-electron chi connectivity index (χ3n) is 4.61. The molecule has 7 heteroatoms. The molecule has 122 valence electrons. The molecule has 1 aromatic heterocycles. The smallest absolute Gasteiger partial charge is 0.227 e. The van der Waals surface area contributed by atoms with E-state index >= 15 is 0 Å². The van der Waals surface area contributed by atoms with Crippen LogP contribution in [-0.4, -0.2) is 49.4 Å². The highest BCUT2D eigenvalue weighted by atomic mass is 32.2. The summed E-state index contributed by atoms with van der Waals surface area (Å²) in [7, 11) is -3.21. The van der Waals surface area contributed by atoms with Crippen LogP contribution in [0.2, 0.25) is 0 Å². The summed E-state index contributed by atoms with van der Waals surface area (Å²) >= 11 is 1.69. The second-order valence-corrected chi connectivity index (χ2v) is 9.13. The number of likely N-dealkylation sites (tertiary alicyclic amines) is 1. The molecule has 1 aromatic rings. The summed E-state index contributed by atoms with van der Waals surface area (Å²) in [5, 5.41) is 2.04. The van der Waals surface area contributed by atoms with Gasteiger partial charge in [0.1, 0.15) is 0 Å². The molecule has 3 rings (SSSR count). The van der Waals surface area contributed by atoms with E-state index in [1.807, 2.05) is 16.3 Å². The van der Waals surface area contributed by atoms with E-state index in [1.54, 1.807) is 11.3 Å². The first-order valence-corrected chi connectivity index (χ1v) is 10.5. The summed E-state index contributed by atoms with van der Waals surface area (Å²) in [5.41, 5.74) is 0. The average Bonchev–Trinajstić information content (AvgIpc) is 3.16. The average molecular weight is 342 g/mol. The van der Waals surface area contributed by atoms with Crippen LogP contribution in [-0.2, 0) is 14.8 Å². The molecule has 2 fully saturated rings. The lowest BCUT2D eigenvalue weighted by Gasteiger charge is -2.34. The summed E-state index contributed by atoms with van der Waals surface area (Å²) in [5.74, 6) is -0.0618. The van der Waals surface area contributed by atoms with Crippen molar-refractivity contribution >= 4 is 27.3 Å². The monoisotopic (exact) mass is 342 g/mol. The van der Waals surface area contributed by atoms with E-state index in [-0.39, 0.29) is 17.9 Å². The van der Waals surface area contributed by atoms with Crippen molar-refractivity contribution in [1.29, 1.82) is 0 Å². The van der Waals surface area contributed by atoms with E-state index in [2.05, 4.69) is 6.07 Å². The number of carbonyl (C=O) groups is 1. The SMILES string of the molecule is CS(=O)(=O)N1CCCC(C(=O)N2CCCC2c2cccs2)C1. The van der Waals surface area contributed by atoms with E-state index in [1.165, 1.54) is 15.4 Å². The molecule has 22 heavy (non-hydrogen) atoms. The molecule has 0 radical (unpaired) electrons. The van der Waals surface area contributed by atoms with Crippen molar-refractivity contribution in [2.75, 3.05) is 25.9 Å². The summed E-state index contributed by atoms with van der Waals surface area (Å²) in [6.07, 6.45) is 4.81. The first kappa shape index (κ1) is 16.0. The van der Waals surface area contributed by atoms with Crippen LogP contribution in [0.25, 0.3) is 0 Å². The number of carbonyl (C=O) groups excluding carboxylic acids is 1. The summed E-state index contributed by atoms with van der Waals surface area (Å²) in [4.78, 5) is 16.1. The van der Waals surface area contributed by atoms with Gasteiger partial charge in [-0.15, -0.1) is 11.3 Å². The molecule has 0 saturated carbocycles. The zero-order valence-corrected chi connectivity index (χ0v) is 14.4. The molecule has 1 amide bonds. The van der Waals surface area contributed by atoms with Gasteiger partial charge in [0.2, 0.25) is 15.9 Å². The summed E-state index contributed by atoms with van der Waals surface area (Å²) in [6, 6.07) is 4.29. The highest BCUT2D eigenvalue weighted by Gasteiger charge is 2.37. The predicted octanol–water partition coefficient (Wildman–Crippen LogP) is 2.08. The molecule has 5 nitrogen and oxygen atoms in total. The van der Waals surface area contributed by atoms with Gasteiger partial charge in [-0.25, -0.2) is 12.7 Å². The number of nitrogens with zero attached hydrogens (tertiary/aromatic N) is 2. The zero-order valence-electron chi connectivity index (χ0n) is 12.8. The van der Waals surface area contributed by atoms with Crippen LogP contribution in [0.1, 0.15) is 36.6 Å². The Balaban J connectivity index is 1.73. The van der Waals surface area contributed by atoms with Crippen LogP contribution in [0.15, 0.2) is 17.5 Å². The minimum Gasteiger partial charge on any atom is -0.335 e. The molecule has 2 atom stereocenters. The van der Waals surface area contributed by atoms with E-state index in [0.717, 1.165) is 32.2 Å². The molecule has 0 N–H and O–H groups in total. The predicted molar refractivity (Wildman–Crippen MR) is 87.1 cm³/mol. The minimum atomic E-state index is -3.21. The molecule has 0 bridgehead atoms. The third-order valence-corrected chi connectivity index (χ3v) is 6.85. The van der Waals surface area contributed by atoms with Crippen LogP contribution in [0.3, 0.4) is 0 Å². The maximum atomic E-state index is 12.9. The maximum Gasteiger partial charge on any atom is 0.227 e. The van der Waals surface area contributed by atoms with Gasteiger partial charge >= 0.3 is 0 Å². The van der Waals surface area contributed by atoms with Crippen LogP contribution < -0.4 is 0 Å². The number of thiophene rings is 1. The third kappa shape index (κ3) is 3.21. The Morgan fingerprint density at radius 2 is 2.05 bits per heavy atom. The minimum absolute atomic E-state index is 0.129. The van der Waals surface area contributed by atoms with Gasteiger partial charge < -0.3 is 4.90 Å². The number of piperidine rings is 1. The van der Waals surface area contributed by atoms with Crippen molar-refractivity contribution in [3.8, 4) is 0 Å². The highest BCUT2D eigenvalue weighted by Crippen LogP contribution is 2.36. The number of sulfonamides is 1. The lowest BCUT2D eigenvalue weighted by Crippen LogP contribution is -2.46. The fourth-order valence-electron chi connectivity index (χ4n) is 3.49. The van der Waals surface area contributed by atoms with Gasteiger partial charge in [-0.2, -0.15) is 0 Å². The topological polar surface area (TPSA) is 57.7 Å². The van der Waals surface area contributed by atoms with Gasteiger partial charge in [-0.3, -0.25) is 4.79 Å². The van der Waals surface area contributed by atoms with Crippen molar-refractivity contribution in [3.63, 3.8) is 0 Å². The van der Waals surface area contributed by atoms with Crippen molar-refractivity contribution in [2.45, 2.75) is 31.7 Å². The Kier molecular flexibility index (Phi) is 4.56. The van der Waals surface area contributed by atoms with Gasteiger partial charge in [0, 0.05) is 24.5 Å². The van der Waals surface area contributed by atoms with Gasteiger partial charge in [0.15, 0.2) is 0 Å². The maximum absolute atomic E-state index is 12.9. The zero-order chi connectivity index (χ0) is 15.7. The van der Waals surface area contributed by atoms with Crippen LogP contribution in [0.4, 0.5) is 0 Å². The van der Waals surface area contributed by atoms with Crippen molar-refractivity contribution in [1.82, 2.24) is 9.21 Å². The van der Waals surface area contributed by atoms with Gasteiger partial charge in [0.25, 0.3) is 0 Å². The number of rotatable bonds is 3. The van der Waals surface area contributed by atoms with E-state index in [0.29, 0.717) is 13.1 Å². The molecule has 2 aliphatic heterocycles. The summed E-state index contributed by atoms with van der Waals surface area (Å²) in [6.45, 7) is 1.67. The van der Waals surface area contributed by atoms with Crippen molar-refractivity contribution in [2.24, 2.45) is 5.92 Å². The van der Waals surface area contributed by atoms with E-state index in [4.69, 9.17) is 0 Å². The second kappa shape index (κ2) is 6.29. The molecule has 0 aliphatic carbocycles. The Labute approximate surface area is 136 Å². The normalized spacial score (nSPS) is 27.2. The number of hydrogen-bond donors (Lipinski definition) is 0. The Morgan fingerprint density at radius 1 is 1.27 bits per heavy atom. The molecule has 0 aromatic carbocycles. The summed E-state index contributed by atoms with van der Waals surface area (Å²) < 4.78 is 24.9. The number of hydrogen-bond acceptors (Lipinski definition) is 4.